The maximum Gasteiger partial charge on any atom is 0.266 e. The predicted octanol–water partition coefficient (Wildman–Crippen LogP) is 5.40. The number of methoxy groups -OCH3 is 1. The summed E-state index contributed by atoms with van der Waals surface area (Å²) in [6.07, 6.45) is 1.41. The molecule has 0 saturated carbocycles. The number of nitriles is 1. The fourth-order valence-electron chi connectivity index (χ4n) is 2.62. The van der Waals surface area contributed by atoms with Gasteiger partial charge in [-0.3, -0.25) is 4.79 Å². The Hall–Kier alpha value is -3.07. The van der Waals surface area contributed by atoms with Crippen molar-refractivity contribution >= 4 is 51.8 Å². The van der Waals surface area contributed by atoms with E-state index in [1.807, 2.05) is 31.2 Å². The van der Waals surface area contributed by atoms with E-state index in [2.05, 4.69) is 10.3 Å². The van der Waals surface area contributed by atoms with Gasteiger partial charge in [0, 0.05) is 16.6 Å². The molecule has 28 heavy (non-hydrogen) atoms. The Kier molecular flexibility index (Phi) is 5.84. The van der Waals surface area contributed by atoms with Crippen LogP contribution >= 0.6 is 23.2 Å². The van der Waals surface area contributed by atoms with Crippen molar-refractivity contribution in [3.05, 3.63) is 69.3 Å². The molecule has 1 N–H and O–H groups in total. The summed E-state index contributed by atoms with van der Waals surface area (Å²) in [5.41, 5.74) is 2.63. The first kappa shape index (κ1) is 19.7. The van der Waals surface area contributed by atoms with Crippen molar-refractivity contribution in [1.29, 1.82) is 5.26 Å². The number of benzene rings is 2. The summed E-state index contributed by atoms with van der Waals surface area (Å²) in [6, 6.07) is 14.3. The fraction of sp³-hybridized carbons (Fsp3) is 0.0952. The van der Waals surface area contributed by atoms with Crippen molar-refractivity contribution in [2.45, 2.75) is 6.92 Å². The summed E-state index contributed by atoms with van der Waals surface area (Å²) in [5.74, 6) is -0.0937. The standard InChI is InChI=1S/C21H15Cl2N3O2/c1-12-3-4-13-8-14(20(23)26-18(13)7-12)9-15(11-24)21(27)25-16-5-6-19(28-2)17(22)10-16/h3-10H,1-2H3,(H,25,27)/b15-9+. The maximum atomic E-state index is 12.5. The summed E-state index contributed by atoms with van der Waals surface area (Å²) >= 11 is 12.3. The molecule has 2 aromatic carbocycles. The monoisotopic (exact) mass is 411 g/mol. The molecule has 0 spiro atoms. The van der Waals surface area contributed by atoms with Crippen molar-refractivity contribution in [2.24, 2.45) is 0 Å². The normalized spacial score (nSPS) is 11.2. The number of carbonyl (C=O) groups is 1. The molecule has 0 aliphatic carbocycles. The molecule has 0 bridgehead atoms. The van der Waals surface area contributed by atoms with Gasteiger partial charge >= 0.3 is 0 Å². The number of hydrogen-bond acceptors (Lipinski definition) is 4. The zero-order valence-corrected chi connectivity index (χ0v) is 16.6. The molecular weight excluding hydrogens is 397 g/mol. The molecule has 0 atom stereocenters. The quantitative estimate of drug-likeness (QED) is 0.354. The lowest BCUT2D eigenvalue weighted by atomic mass is 10.1. The van der Waals surface area contributed by atoms with E-state index in [0.717, 1.165) is 16.5 Å². The summed E-state index contributed by atoms with van der Waals surface area (Å²) in [4.78, 5) is 16.8. The van der Waals surface area contributed by atoms with E-state index < -0.39 is 5.91 Å². The van der Waals surface area contributed by atoms with Crippen LogP contribution in [0.4, 0.5) is 5.69 Å². The van der Waals surface area contributed by atoms with Gasteiger partial charge in [-0.2, -0.15) is 5.26 Å². The minimum atomic E-state index is -0.580. The van der Waals surface area contributed by atoms with Crippen molar-refractivity contribution in [2.75, 3.05) is 12.4 Å². The zero-order valence-electron chi connectivity index (χ0n) is 15.1. The second-order valence-corrected chi connectivity index (χ2v) is 6.80. The molecule has 0 unspecified atom stereocenters. The number of anilines is 1. The molecule has 0 saturated heterocycles. The fourth-order valence-corrected chi connectivity index (χ4v) is 3.08. The number of carbonyl (C=O) groups excluding carboxylic acids is 1. The minimum absolute atomic E-state index is 0.109. The molecule has 3 rings (SSSR count). The van der Waals surface area contributed by atoms with Crippen LogP contribution in [0.5, 0.6) is 5.75 Å². The van der Waals surface area contributed by atoms with E-state index >= 15 is 0 Å². The highest BCUT2D eigenvalue weighted by Crippen LogP contribution is 2.28. The van der Waals surface area contributed by atoms with Gasteiger partial charge in [-0.1, -0.05) is 35.3 Å². The lowest BCUT2D eigenvalue weighted by molar-refractivity contribution is -0.112. The van der Waals surface area contributed by atoms with E-state index in [0.29, 0.717) is 22.0 Å². The van der Waals surface area contributed by atoms with Crippen molar-refractivity contribution < 1.29 is 9.53 Å². The number of halogens is 2. The van der Waals surface area contributed by atoms with Crippen LogP contribution < -0.4 is 10.1 Å². The molecule has 3 aromatic rings. The number of aromatic nitrogens is 1. The first-order valence-corrected chi connectivity index (χ1v) is 9.00. The van der Waals surface area contributed by atoms with Crippen molar-refractivity contribution in [1.82, 2.24) is 4.98 Å². The van der Waals surface area contributed by atoms with Crippen LogP contribution in [0.15, 0.2) is 48.0 Å². The highest BCUT2D eigenvalue weighted by Gasteiger charge is 2.13. The Morgan fingerprint density at radius 1 is 1.21 bits per heavy atom. The van der Waals surface area contributed by atoms with Gasteiger partial charge in [0.25, 0.3) is 5.91 Å². The van der Waals surface area contributed by atoms with E-state index in [1.54, 1.807) is 24.3 Å². The number of fused-ring (bicyclic) bond motifs is 1. The molecule has 140 valence electrons. The van der Waals surface area contributed by atoms with Crippen LogP contribution in [0.2, 0.25) is 10.2 Å². The lowest BCUT2D eigenvalue weighted by Gasteiger charge is -2.08. The third-order valence-corrected chi connectivity index (χ3v) is 4.63. The van der Waals surface area contributed by atoms with Gasteiger partial charge < -0.3 is 10.1 Å². The highest BCUT2D eigenvalue weighted by molar-refractivity contribution is 6.32. The minimum Gasteiger partial charge on any atom is -0.495 e. The molecule has 1 aromatic heterocycles. The lowest BCUT2D eigenvalue weighted by Crippen LogP contribution is -2.13. The molecule has 1 heterocycles. The molecule has 0 radical (unpaired) electrons. The van der Waals surface area contributed by atoms with Crippen LogP contribution in [-0.4, -0.2) is 18.0 Å². The van der Waals surface area contributed by atoms with E-state index in [4.69, 9.17) is 27.9 Å². The van der Waals surface area contributed by atoms with Crippen molar-refractivity contribution in [3.8, 4) is 11.8 Å². The average molecular weight is 412 g/mol. The molecule has 5 nitrogen and oxygen atoms in total. The summed E-state index contributed by atoms with van der Waals surface area (Å²) in [6.45, 7) is 1.96. The number of pyridine rings is 1. The van der Waals surface area contributed by atoms with Gasteiger partial charge in [-0.15, -0.1) is 0 Å². The third-order valence-electron chi connectivity index (χ3n) is 4.03. The Morgan fingerprint density at radius 3 is 2.68 bits per heavy atom. The number of rotatable bonds is 4. The highest BCUT2D eigenvalue weighted by atomic mass is 35.5. The van der Waals surface area contributed by atoms with Crippen molar-refractivity contribution in [3.63, 3.8) is 0 Å². The van der Waals surface area contributed by atoms with Crippen LogP contribution in [-0.2, 0) is 4.79 Å². The Bertz CT molecular complexity index is 1150. The first-order valence-electron chi connectivity index (χ1n) is 8.25. The Morgan fingerprint density at radius 2 is 2.00 bits per heavy atom. The molecule has 0 aliphatic rings. The predicted molar refractivity (Wildman–Crippen MR) is 112 cm³/mol. The molecule has 7 heteroatoms. The van der Waals surface area contributed by atoms with E-state index in [-0.39, 0.29) is 10.7 Å². The molecular formula is C21H15Cl2N3O2. The first-order chi connectivity index (χ1) is 13.4. The van der Waals surface area contributed by atoms with Crippen LogP contribution in [0.25, 0.3) is 17.0 Å². The average Bonchev–Trinajstić information content (AvgIpc) is 2.66. The van der Waals surface area contributed by atoms with Gasteiger partial charge in [-0.25, -0.2) is 4.98 Å². The summed E-state index contributed by atoms with van der Waals surface area (Å²) in [7, 11) is 1.50. The number of nitrogens with one attached hydrogen (secondary N) is 1. The number of aryl methyl sites for hydroxylation is 1. The topological polar surface area (TPSA) is 75.0 Å². The Labute approximate surface area is 172 Å². The van der Waals surface area contributed by atoms with Gasteiger partial charge in [-0.05, 0) is 48.9 Å². The summed E-state index contributed by atoms with van der Waals surface area (Å²) in [5, 5.41) is 13.5. The molecule has 0 aliphatic heterocycles. The number of amides is 1. The van der Waals surface area contributed by atoms with E-state index in [9.17, 15) is 10.1 Å². The number of nitrogens with zero attached hydrogens (tertiary/aromatic N) is 2. The third kappa shape index (κ3) is 4.25. The second kappa shape index (κ2) is 8.30. The largest absolute Gasteiger partial charge is 0.495 e. The van der Waals surface area contributed by atoms with Gasteiger partial charge in [0.05, 0.1) is 17.6 Å². The maximum absolute atomic E-state index is 12.5. The van der Waals surface area contributed by atoms with Gasteiger partial charge in [0.2, 0.25) is 0 Å². The zero-order chi connectivity index (χ0) is 20.3. The molecule has 1 amide bonds. The van der Waals surface area contributed by atoms with Crippen LogP contribution in [0, 0.1) is 18.3 Å². The van der Waals surface area contributed by atoms with E-state index in [1.165, 1.54) is 13.2 Å². The van der Waals surface area contributed by atoms with Gasteiger partial charge in [0.15, 0.2) is 0 Å². The second-order valence-electron chi connectivity index (χ2n) is 6.04. The van der Waals surface area contributed by atoms with Crippen LogP contribution in [0.3, 0.4) is 0 Å². The molecule has 0 fully saturated rings. The van der Waals surface area contributed by atoms with Crippen LogP contribution in [0.1, 0.15) is 11.1 Å². The Balaban J connectivity index is 1.91. The number of ether oxygens (including phenoxy) is 1. The van der Waals surface area contributed by atoms with Gasteiger partial charge in [0.1, 0.15) is 22.5 Å². The smallest absolute Gasteiger partial charge is 0.266 e. The SMILES string of the molecule is COc1ccc(NC(=O)/C(C#N)=C/c2cc3ccc(C)cc3nc2Cl)cc1Cl. The number of hydrogen-bond donors (Lipinski definition) is 1. The summed E-state index contributed by atoms with van der Waals surface area (Å²) < 4.78 is 5.08.